The summed E-state index contributed by atoms with van der Waals surface area (Å²) in [6.07, 6.45) is 15.2. The van der Waals surface area contributed by atoms with Gasteiger partial charge < -0.3 is 65.7 Å². The maximum atomic E-state index is 13.4. The Labute approximate surface area is 471 Å². The van der Waals surface area contributed by atoms with Gasteiger partial charge in [0.05, 0.1) is 39.6 Å². The number of carbonyl (C=O) groups is 11. The molecule has 0 heterocycles. The average molecular weight is 1150 g/mol. The van der Waals surface area contributed by atoms with Crippen molar-refractivity contribution in [2.45, 2.75) is 193 Å². The molecular weight excluding hydrogens is 1050 g/mol. The fraction of sp³-hybridized carbons (Fsp3) is 0.804. The zero-order valence-electron chi connectivity index (χ0n) is 47.5. The highest BCUT2D eigenvalue weighted by atomic mass is 16.5. The van der Waals surface area contributed by atoms with Crippen molar-refractivity contribution >= 4 is 64.9 Å². The number of Topliss-reactive ketones (excluding diaryl/α,β-unsaturated/α-hetero) is 3. The Morgan fingerprint density at radius 1 is 0.388 bits per heavy atom. The third kappa shape index (κ3) is 45.3. The molecule has 0 rings (SSSR count). The number of amides is 4. The molecule has 0 unspecified atom stereocenters. The average Bonchev–Trinajstić information content (AvgIpc) is 3.41. The van der Waals surface area contributed by atoms with Gasteiger partial charge in [0.2, 0.25) is 23.6 Å². The third-order valence-corrected chi connectivity index (χ3v) is 13.2. The standard InChI is InChI=1S/C56H96N4O20/c1-2-42(48(64)39-61)19-17-18-28-58-55(75)44(23-26-53(71)72)38-47(63)43(22-25-52(69)70)37-45(62)40-79-35-33-77-31-29-57-50(66)41-80-36-34-78-32-30-59-56(76)46(24-27-54(73)74)60-49(65)20-15-13-11-9-7-5-3-4-6-8-10-12-14-16-21-51(67)68/h42-44,46,61H,2-41H2,1H3,(H,57,66)(H,58,75)(H,59,76)(H,60,65)(H,67,68)(H,69,70)(H,71,72)(H,73,74)/t42-,43+,44+,46-/m0/s1. The van der Waals surface area contributed by atoms with Crippen LogP contribution in [0.25, 0.3) is 0 Å². The molecule has 0 aliphatic carbocycles. The van der Waals surface area contributed by atoms with Gasteiger partial charge in [-0.3, -0.25) is 52.7 Å². The number of aliphatic hydroxyl groups excluding tert-OH is 1. The first-order chi connectivity index (χ1) is 38.4. The van der Waals surface area contributed by atoms with Crippen LogP contribution in [0.3, 0.4) is 0 Å². The molecule has 0 aliphatic rings. The molecule has 0 radical (unpaired) electrons. The maximum Gasteiger partial charge on any atom is 0.303 e. The van der Waals surface area contributed by atoms with Crippen LogP contribution in [0, 0.1) is 17.8 Å². The molecule has 0 aromatic carbocycles. The van der Waals surface area contributed by atoms with Crippen molar-refractivity contribution in [3.8, 4) is 0 Å². The minimum Gasteiger partial charge on any atom is -0.481 e. The fourth-order valence-corrected chi connectivity index (χ4v) is 8.60. The van der Waals surface area contributed by atoms with Gasteiger partial charge in [-0.25, -0.2) is 0 Å². The number of nitrogens with one attached hydrogen (secondary N) is 4. The van der Waals surface area contributed by atoms with E-state index in [1.807, 2.05) is 6.92 Å². The SMILES string of the molecule is CC[C@@H](CCCCNC(=O)[C@H](CCC(=O)O)CC(=O)[C@H](CCC(=O)O)CC(=O)COCCOCCNC(=O)COCCOCCNC(=O)[C@H](CCC(=O)O)NC(=O)CCCCCCCCCCCCCCCCC(=O)O)C(=O)CO. The lowest BCUT2D eigenvalue weighted by molar-refractivity contribution is -0.140. The van der Waals surface area contributed by atoms with Crippen LogP contribution in [0.2, 0.25) is 0 Å². The first-order valence-electron chi connectivity index (χ1n) is 28.9. The van der Waals surface area contributed by atoms with E-state index in [9.17, 15) is 63.0 Å². The number of carboxylic acid groups (broad SMARTS) is 4. The monoisotopic (exact) mass is 1140 g/mol. The second-order valence-electron chi connectivity index (χ2n) is 20.1. The van der Waals surface area contributed by atoms with Gasteiger partial charge in [0, 0.05) is 82.3 Å². The molecule has 4 amide bonds. The van der Waals surface area contributed by atoms with Crippen molar-refractivity contribution in [1.29, 1.82) is 0 Å². The Morgan fingerprint density at radius 2 is 0.850 bits per heavy atom. The van der Waals surface area contributed by atoms with Crippen molar-refractivity contribution in [1.82, 2.24) is 21.3 Å². The van der Waals surface area contributed by atoms with Gasteiger partial charge in [-0.05, 0) is 51.4 Å². The molecule has 9 N–H and O–H groups in total. The Bertz CT molecular complexity index is 1800. The molecule has 460 valence electrons. The lowest BCUT2D eigenvalue weighted by atomic mass is 9.85. The first-order valence-corrected chi connectivity index (χ1v) is 28.9. The quantitative estimate of drug-likeness (QED) is 0.0372. The van der Waals surface area contributed by atoms with Crippen molar-refractivity contribution in [2.24, 2.45) is 17.8 Å². The molecule has 80 heavy (non-hydrogen) atoms. The van der Waals surface area contributed by atoms with Crippen LogP contribution >= 0.6 is 0 Å². The molecule has 0 aliphatic heterocycles. The topological polar surface area (TPSA) is 374 Å². The van der Waals surface area contributed by atoms with Crippen LogP contribution in [0.1, 0.15) is 187 Å². The van der Waals surface area contributed by atoms with Crippen LogP contribution in [-0.2, 0) is 71.7 Å². The van der Waals surface area contributed by atoms with Crippen molar-refractivity contribution in [3.63, 3.8) is 0 Å². The summed E-state index contributed by atoms with van der Waals surface area (Å²) < 4.78 is 21.5. The predicted octanol–water partition coefficient (Wildman–Crippen LogP) is 4.72. The summed E-state index contributed by atoms with van der Waals surface area (Å²) in [6, 6.07) is -1.01. The van der Waals surface area contributed by atoms with Gasteiger partial charge in [-0.1, -0.05) is 90.4 Å². The van der Waals surface area contributed by atoms with Crippen LogP contribution in [0.4, 0.5) is 0 Å². The van der Waals surface area contributed by atoms with E-state index in [1.54, 1.807) is 0 Å². The number of ketones is 3. The summed E-state index contributed by atoms with van der Waals surface area (Å²) in [5.74, 6) is -9.64. The molecule has 0 saturated heterocycles. The van der Waals surface area contributed by atoms with E-state index in [0.717, 1.165) is 51.4 Å². The summed E-state index contributed by atoms with van der Waals surface area (Å²) in [5.41, 5.74) is 0. The summed E-state index contributed by atoms with van der Waals surface area (Å²) in [6.45, 7) is 1.52. The van der Waals surface area contributed by atoms with E-state index < -0.39 is 104 Å². The number of hydrogen-bond acceptors (Lipinski definition) is 16. The van der Waals surface area contributed by atoms with E-state index in [0.29, 0.717) is 32.1 Å². The smallest absolute Gasteiger partial charge is 0.303 e. The predicted molar refractivity (Wildman–Crippen MR) is 292 cm³/mol. The van der Waals surface area contributed by atoms with Crippen LogP contribution in [0.15, 0.2) is 0 Å². The number of carboxylic acids is 4. The van der Waals surface area contributed by atoms with E-state index in [-0.39, 0.29) is 128 Å². The molecule has 24 nitrogen and oxygen atoms in total. The second-order valence-corrected chi connectivity index (χ2v) is 20.1. The van der Waals surface area contributed by atoms with Crippen LogP contribution in [0.5, 0.6) is 0 Å². The lowest BCUT2D eigenvalue weighted by Gasteiger charge is -2.20. The zero-order valence-corrected chi connectivity index (χ0v) is 47.5. The van der Waals surface area contributed by atoms with Crippen LogP contribution < -0.4 is 21.3 Å². The normalized spacial score (nSPS) is 12.6. The fourth-order valence-electron chi connectivity index (χ4n) is 8.60. The number of hydrogen-bond donors (Lipinski definition) is 9. The summed E-state index contributed by atoms with van der Waals surface area (Å²) >= 11 is 0. The zero-order chi connectivity index (χ0) is 59.6. The summed E-state index contributed by atoms with van der Waals surface area (Å²) in [7, 11) is 0. The van der Waals surface area contributed by atoms with E-state index in [1.165, 1.54) is 32.1 Å². The van der Waals surface area contributed by atoms with Gasteiger partial charge in [0.15, 0.2) is 11.6 Å². The Morgan fingerprint density at radius 3 is 1.38 bits per heavy atom. The molecule has 0 aromatic rings. The molecule has 0 saturated carbocycles. The van der Waals surface area contributed by atoms with E-state index in [4.69, 9.17) is 34.3 Å². The van der Waals surface area contributed by atoms with Gasteiger partial charge in [-0.2, -0.15) is 0 Å². The first kappa shape index (κ1) is 74.6. The van der Waals surface area contributed by atoms with Gasteiger partial charge in [-0.15, -0.1) is 0 Å². The largest absolute Gasteiger partial charge is 0.481 e. The highest BCUT2D eigenvalue weighted by molar-refractivity contribution is 5.92. The number of carbonyl (C=O) groups excluding carboxylic acids is 7. The number of aliphatic carboxylic acids is 4. The van der Waals surface area contributed by atoms with Crippen LogP contribution in [-0.4, -0.2) is 176 Å². The minimum absolute atomic E-state index is 0.0110. The Kier molecular flexibility index (Phi) is 47.1. The molecule has 4 atom stereocenters. The molecular formula is C56H96N4O20. The van der Waals surface area contributed by atoms with Crippen molar-refractivity contribution < 1.29 is 97.2 Å². The molecule has 0 aromatic heterocycles. The number of unbranched alkanes of at least 4 members (excludes halogenated alkanes) is 14. The highest BCUT2D eigenvalue weighted by Gasteiger charge is 2.29. The summed E-state index contributed by atoms with van der Waals surface area (Å²) in [5, 5.41) is 56.1. The molecule has 0 fully saturated rings. The molecule has 0 bridgehead atoms. The van der Waals surface area contributed by atoms with Gasteiger partial charge in [0.25, 0.3) is 0 Å². The van der Waals surface area contributed by atoms with E-state index >= 15 is 0 Å². The lowest BCUT2D eigenvalue weighted by Crippen LogP contribution is -2.47. The maximum absolute atomic E-state index is 13.4. The van der Waals surface area contributed by atoms with Crippen molar-refractivity contribution in [2.75, 3.05) is 79.1 Å². The molecule has 24 heteroatoms. The highest BCUT2D eigenvalue weighted by Crippen LogP contribution is 2.22. The minimum atomic E-state index is -1.19. The molecule has 0 spiro atoms. The second kappa shape index (κ2) is 50.5. The van der Waals surface area contributed by atoms with Gasteiger partial charge in [0.1, 0.15) is 31.6 Å². The Hall–Kier alpha value is -5.43. The number of aliphatic hydroxyl groups is 1. The Balaban J connectivity index is 4.34. The number of ether oxygens (including phenoxy) is 4. The van der Waals surface area contributed by atoms with Crippen molar-refractivity contribution in [3.05, 3.63) is 0 Å². The van der Waals surface area contributed by atoms with Gasteiger partial charge >= 0.3 is 23.9 Å². The third-order valence-electron chi connectivity index (χ3n) is 13.2. The van der Waals surface area contributed by atoms with E-state index in [2.05, 4.69) is 21.3 Å². The number of rotatable bonds is 58. The summed E-state index contributed by atoms with van der Waals surface area (Å²) in [4.78, 5) is 133.